The number of hydrogen-bond acceptors (Lipinski definition) is 3. The summed E-state index contributed by atoms with van der Waals surface area (Å²) in [7, 11) is -2.10. The lowest BCUT2D eigenvalue weighted by Gasteiger charge is -2.29. The smallest absolute Gasteiger partial charge is 0.244 e. The standard InChI is InChI=1S/C12H16BrFN2O2S/c1-16(7-8-3-2-4-8)19(17,18)12-6-11(15)10(14)5-9(12)13/h5-6,8H,2-4,7,15H2,1H3. The van der Waals surface area contributed by atoms with Gasteiger partial charge >= 0.3 is 0 Å². The summed E-state index contributed by atoms with van der Waals surface area (Å²) in [5, 5.41) is 0. The van der Waals surface area contributed by atoms with Gasteiger partial charge in [-0.3, -0.25) is 0 Å². The molecule has 1 fully saturated rings. The first kappa shape index (κ1) is 14.7. The van der Waals surface area contributed by atoms with Gasteiger partial charge in [-0.05, 0) is 46.8 Å². The molecule has 4 nitrogen and oxygen atoms in total. The van der Waals surface area contributed by atoms with Gasteiger partial charge in [0.1, 0.15) is 5.82 Å². The van der Waals surface area contributed by atoms with E-state index in [1.54, 1.807) is 7.05 Å². The lowest BCUT2D eigenvalue weighted by molar-refractivity contribution is 0.263. The van der Waals surface area contributed by atoms with E-state index >= 15 is 0 Å². The minimum Gasteiger partial charge on any atom is -0.396 e. The second kappa shape index (κ2) is 5.38. The molecule has 0 amide bonds. The fourth-order valence-electron chi connectivity index (χ4n) is 2.05. The molecule has 0 aliphatic heterocycles. The van der Waals surface area contributed by atoms with Gasteiger partial charge in [0.05, 0.1) is 10.6 Å². The Kier molecular flexibility index (Phi) is 4.17. The normalized spacial score (nSPS) is 16.6. The van der Waals surface area contributed by atoms with E-state index in [1.165, 1.54) is 4.31 Å². The van der Waals surface area contributed by atoms with Crippen LogP contribution in [0, 0.1) is 11.7 Å². The molecule has 0 saturated heterocycles. The van der Waals surface area contributed by atoms with Crippen LogP contribution in [0.3, 0.4) is 0 Å². The van der Waals surface area contributed by atoms with Crippen molar-refractivity contribution < 1.29 is 12.8 Å². The van der Waals surface area contributed by atoms with Crippen molar-refractivity contribution in [2.75, 3.05) is 19.3 Å². The summed E-state index contributed by atoms with van der Waals surface area (Å²) in [6.07, 6.45) is 3.28. The highest BCUT2D eigenvalue weighted by atomic mass is 79.9. The minimum atomic E-state index is -3.64. The molecule has 1 aromatic carbocycles. The van der Waals surface area contributed by atoms with E-state index in [2.05, 4.69) is 15.9 Å². The maximum Gasteiger partial charge on any atom is 0.244 e. The van der Waals surface area contributed by atoms with Crippen LogP contribution in [-0.4, -0.2) is 26.3 Å². The first-order chi connectivity index (χ1) is 8.82. The van der Waals surface area contributed by atoms with Crippen molar-refractivity contribution in [2.24, 2.45) is 5.92 Å². The number of benzene rings is 1. The number of halogens is 2. The van der Waals surface area contributed by atoms with Crippen molar-refractivity contribution in [1.82, 2.24) is 4.31 Å². The second-order valence-corrected chi connectivity index (χ2v) is 7.75. The van der Waals surface area contributed by atoms with Crippen LogP contribution < -0.4 is 5.73 Å². The van der Waals surface area contributed by atoms with Crippen LogP contribution >= 0.6 is 15.9 Å². The topological polar surface area (TPSA) is 63.4 Å². The molecule has 19 heavy (non-hydrogen) atoms. The number of rotatable bonds is 4. The summed E-state index contributed by atoms with van der Waals surface area (Å²) >= 11 is 3.08. The maximum atomic E-state index is 13.3. The van der Waals surface area contributed by atoms with Crippen LogP contribution in [0.15, 0.2) is 21.5 Å². The first-order valence-corrected chi connectivity index (χ1v) is 8.26. The van der Waals surface area contributed by atoms with Gasteiger partial charge in [0, 0.05) is 18.1 Å². The summed E-state index contributed by atoms with van der Waals surface area (Å²) < 4.78 is 39.6. The van der Waals surface area contributed by atoms with Gasteiger partial charge in [0.2, 0.25) is 10.0 Å². The van der Waals surface area contributed by atoms with E-state index in [0.717, 1.165) is 31.4 Å². The molecule has 0 unspecified atom stereocenters. The average molecular weight is 351 g/mol. The quantitative estimate of drug-likeness (QED) is 0.848. The van der Waals surface area contributed by atoms with Crippen LogP contribution in [0.2, 0.25) is 0 Å². The largest absolute Gasteiger partial charge is 0.396 e. The molecule has 7 heteroatoms. The Hall–Kier alpha value is -0.660. The first-order valence-electron chi connectivity index (χ1n) is 6.03. The number of sulfonamides is 1. The molecular weight excluding hydrogens is 335 g/mol. The highest BCUT2D eigenvalue weighted by Crippen LogP contribution is 2.31. The number of anilines is 1. The number of hydrogen-bond donors (Lipinski definition) is 1. The van der Waals surface area contributed by atoms with E-state index in [4.69, 9.17) is 5.73 Å². The molecule has 106 valence electrons. The highest BCUT2D eigenvalue weighted by Gasteiger charge is 2.28. The predicted molar refractivity (Wildman–Crippen MR) is 75.7 cm³/mol. The zero-order valence-electron chi connectivity index (χ0n) is 10.6. The minimum absolute atomic E-state index is 0.00761. The Morgan fingerprint density at radius 2 is 2.11 bits per heavy atom. The van der Waals surface area contributed by atoms with E-state index in [9.17, 15) is 12.8 Å². The van der Waals surface area contributed by atoms with Crippen LogP contribution in [0.4, 0.5) is 10.1 Å². The maximum absolute atomic E-state index is 13.3. The average Bonchev–Trinajstić information content (AvgIpc) is 2.27. The Morgan fingerprint density at radius 1 is 1.47 bits per heavy atom. The van der Waals surface area contributed by atoms with Crippen molar-refractivity contribution in [3.63, 3.8) is 0 Å². The predicted octanol–water partition coefficient (Wildman–Crippen LogP) is 2.59. The van der Waals surface area contributed by atoms with Crippen LogP contribution in [0.1, 0.15) is 19.3 Å². The van der Waals surface area contributed by atoms with E-state index < -0.39 is 15.8 Å². The van der Waals surface area contributed by atoms with Gasteiger partial charge in [-0.15, -0.1) is 0 Å². The Labute approximate surface area is 121 Å². The number of nitrogens with zero attached hydrogens (tertiary/aromatic N) is 1. The fourth-order valence-corrected chi connectivity index (χ4v) is 4.30. The summed E-state index contributed by atoms with van der Waals surface area (Å²) in [5.41, 5.74) is 5.28. The summed E-state index contributed by atoms with van der Waals surface area (Å²) in [6, 6.07) is 2.24. The zero-order chi connectivity index (χ0) is 14.2. The molecule has 1 aliphatic carbocycles. The molecular formula is C12H16BrFN2O2S. The molecule has 0 bridgehead atoms. The lowest BCUT2D eigenvalue weighted by atomic mass is 9.86. The zero-order valence-corrected chi connectivity index (χ0v) is 13.0. The Balaban J connectivity index is 2.30. The molecule has 2 rings (SSSR count). The van der Waals surface area contributed by atoms with Gasteiger partial charge < -0.3 is 5.73 Å². The van der Waals surface area contributed by atoms with Crippen LogP contribution in [-0.2, 0) is 10.0 Å². The van der Waals surface area contributed by atoms with Gasteiger partial charge in [0.15, 0.2) is 0 Å². The van der Waals surface area contributed by atoms with E-state index in [-0.39, 0.29) is 15.1 Å². The van der Waals surface area contributed by atoms with Crippen molar-refractivity contribution in [3.8, 4) is 0 Å². The molecule has 0 spiro atoms. The Bertz CT molecular complexity index is 588. The Morgan fingerprint density at radius 3 is 2.63 bits per heavy atom. The van der Waals surface area contributed by atoms with Gasteiger partial charge in [-0.25, -0.2) is 17.1 Å². The highest BCUT2D eigenvalue weighted by molar-refractivity contribution is 9.10. The third-order valence-corrected chi connectivity index (χ3v) is 6.26. The second-order valence-electron chi connectivity index (χ2n) is 4.89. The van der Waals surface area contributed by atoms with E-state index in [0.29, 0.717) is 12.5 Å². The summed E-state index contributed by atoms with van der Waals surface area (Å²) in [4.78, 5) is 0.00761. The lowest BCUT2D eigenvalue weighted by Crippen LogP contribution is -2.34. The van der Waals surface area contributed by atoms with Gasteiger partial charge in [-0.2, -0.15) is 0 Å². The van der Waals surface area contributed by atoms with Crippen LogP contribution in [0.5, 0.6) is 0 Å². The summed E-state index contributed by atoms with van der Waals surface area (Å²) in [6.45, 7) is 0.492. The van der Waals surface area contributed by atoms with Crippen LogP contribution in [0.25, 0.3) is 0 Å². The summed E-state index contributed by atoms with van der Waals surface area (Å²) in [5.74, 6) is -0.205. The van der Waals surface area contributed by atoms with Gasteiger partial charge in [-0.1, -0.05) is 6.42 Å². The number of nitrogens with two attached hydrogens (primary N) is 1. The monoisotopic (exact) mass is 350 g/mol. The molecule has 1 aliphatic rings. The SMILES string of the molecule is CN(CC1CCC1)S(=O)(=O)c1cc(N)c(F)cc1Br. The number of nitrogen functional groups attached to an aromatic ring is 1. The molecule has 1 aromatic rings. The molecule has 2 N–H and O–H groups in total. The van der Waals surface area contributed by atoms with E-state index in [1.807, 2.05) is 0 Å². The van der Waals surface area contributed by atoms with Crippen molar-refractivity contribution >= 4 is 31.6 Å². The van der Waals surface area contributed by atoms with Crippen molar-refractivity contribution in [2.45, 2.75) is 24.2 Å². The van der Waals surface area contributed by atoms with Crippen molar-refractivity contribution in [1.29, 1.82) is 0 Å². The van der Waals surface area contributed by atoms with Gasteiger partial charge in [0.25, 0.3) is 0 Å². The molecule has 1 saturated carbocycles. The molecule has 0 aromatic heterocycles. The third kappa shape index (κ3) is 2.93. The fraction of sp³-hybridized carbons (Fsp3) is 0.500. The molecule has 0 radical (unpaired) electrons. The third-order valence-electron chi connectivity index (χ3n) is 3.48. The molecule has 0 atom stereocenters. The van der Waals surface area contributed by atoms with Crippen molar-refractivity contribution in [3.05, 3.63) is 22.4 Å². The molecule has 0 heterocycles.